The van der Waals surface area contributed by atoms with Crippen LogP contribution < -0.4 is 5.32 Å². The first kappa shape index (κ1) is 14.0. The third kappa shape index (κ3) is 3.76. The predicted octanol–water partition coefficient (Wildman–Crippen LogP) is 4.94. The zero-order valence-corrected chi connectivity index (χ0v) is 12.4. The Bertz CT molecular complexity index is 337. The molecule has 1 nitrogen and oxygen atoms in total. The average Bonchev–Trinajstić information content (AvgIpc) is 2.25. The molecule has 1 N–H and O–H groups in total. The fourth-order valence-corrected chi connectivity index (χ4v) is 2.66. The molecule has 1 aromatic rings. The Morgan fingerprint density at radius 1 is 1.31 bits per heavy atom. The lowest BCUT2D eigenvalue weighted by atomic mass is 10.1. The van der Waals surface area contributed by atoms with Crippen LogP contribution >= 0.6 is 27.5 Å². The fourth-order valence-electron chi connectivity index (χ4n) is 1.82. The molecule has 0 aliphatic rings. The number of nitrogens with one attached hydrogen (secondary N) is 1. The van der Waals surface area contributed by atoms with Crippen LogP contribution in [0.1, 0.15) is 45.2 Å². The minimum absolute atomic E-state index is 0.297. The third-order valence-electron chi connectivity index (χ3n) is 2.90. The highest BCUT2D eigenvalue weighted by molar-refractivity contribution is 9.10. The first-order valence-electron chi connectivity index (χ1n) is 5.79. The molecule has 1 aromatic carbocycles. The molecule has 0 aliphatic carbocycles. The lowest BCUT2D eigenvalue weighted by molar-refractivity contribution is 0.432. The minimum Gasteiger partial charge on any atom is -0.307 e. The summed E-state index contributed by atoms with van der Waals surface area (Å²) >= 11 is 9.64. The molecule has 0 saturated carbocycles. The highest BCUT2D eigenvalue weighted by atomic mass is 79.9. The van der Waals surface area contributed by atoms with Gasteiger partial charge in [0.25, 0.3) is 0 Å². The zero-order chi connectivity index (χ0) is 12.1. The highest BCUT2D eigenvalue weighted by Crippen LogP contribution is 2.26. The quantitative estimate of drug-likeness (QED) is 0.812. The lowest BCUT2D eigenvalue weighted by Crippen LogP contribution is -2.30. The van der Waals surface area contributed by atoms with E-state index in [4.69, 9.17) is 11.6 Å². The third-order valence-corrected chi connectivity index (χ3v) is 3.72. The Hall–Kier alpha value is -0.0500. The van der Waals surface area contributed by atoms with Crippen molar-refractivity contribution in [1.29, 1.82) is 0 Å². The van der Waals surface area contributed by atoms with Crippen molar-refractivity contribution in [3.63, 3.8) is 0 Å². The maximum Gasteiger partial charge on any atom is 0.0464 e. The highest BCUT2D eigenvalue weighted by Gasteiger charge is 2.12. The summed E-state index contributed by atoms with van der Waals surface area (Å²) in [5, 5.41) is 4.41. The van der Waals surface area contributed by atoms with E-state index >= 15 is 0 Å². The van der Waals surface area contributed by atoms with Crippen molar-refractivity contribution in [3.8, 4) is 0 Å². The van der Waals surface area contributed by atoms with Crippen LogP contribution in [-0.2, 0) is 0 Å². The number of rotatable bonds is 5. The molecule has 0 heterocycles. The topological polar surface area (TPSA) is 12.0 Å². The van der Waals surface area contributed by atoms with Crippen molar-refractivity contribution in [2.75, 3.05) is 0 Å². The second kappa shape index (κ2) is 6.63. The van der Waals surface area contributed by atoms with Gasteiger partial charge in [0.1, 0.15) is 0 Å². The van der Waals surface area contributed by atoms with E-state index in [9.17, 15) is 0 Å². The van der Waals surface area contributed by atoms with Gasteiger partial charge in [-0.2, -0.15) is 0 Å². The Morgan fingerprint density at radius 2 is 1.94 bits per heavy atom. The molecule has 0 spiro atoms. The van der Waals surface area contributed by atoms with E-state index < -0.39 is 0 Å². The number of hydrogen-bond acceptors (Lipinski definition) is 1. The maximum atomic E-state index is 6.22. The van der Waals surface area contributed by atoms with Gasteiger partial charge in [-0.3, -0.25) is 0 Å². The van der Waals surface area contributed by atoms with E-state index in [0.717, 1.165) is 27.9 Å². The van der Waals surface area contributed by atoms with E-state index in [-0.39, 0.29) is 0 Å². The Balaban J connectivity index is 2.76. The summed E-state index contributed by atoms with van der Waals surface area (Å²) < 4.78 is 1.02. The molecule has 16 heavy (non-hydrogen) atoms. The molecule has 0 amide bonds. The molecule has 0 bridgehead atoms. The smallest absolute Gasteiger partial charge is 0.0464 e. The van der Waals surface area contributed by atoms with Gasteiger partial charge in [0.05, 0.1) is 0 Å². The van der Waals surface area contributed by atoms with Crippen LogP contribution in [0.15, 0.2) is 22.7 Å². The van der Waals surface area contributed by atoms with Crippen molar-refractivity contribution in [2.45, 2.75) is 45.7 Å². The maximum absolute atomic E-state index is 6.22. The zero-order valence-electron chi connectivity index (χ0n) is 10.1. The summed E-state index contributed by atoms with van der Waals surface area (Å²) in [5.41, 5.74) is 1.16. The Kier molecular flexibility index (Phi) is 5.81. The molecule has 1 unspecified atom stereocenters. The monoisotopic (exact) mass is 303 g/mol. The normalized spacial score (nSPS) is 13.1. The Morgan fingerprint density at radius 3 is 2.44 bits per heavy atom. The molecular formula is C13H19BrClN. The molecule has 0 aliphatic heterocycles. The fraction of sp³-hybridized carbons (Fsp3) is 0.538. The van der Waals surface area contributed by atoms with Crippen molar-refractivity contribution < 1.29 is 0 Å². The van der Waals surface area contributed by atoms with Gasteiger partial charge in [-0.1, -0.05) is 47.4 Å². The summed E-state index contributed by atoms with van der Waals surface area (Å²) in [7, 11) is 0. The number of benzene rings is 1. The van der Waals surface area contributed by atoms with E-state index in [0.29, 0.717) is 12.1 Å². The van der Waals surface area contributed by atoms with Gasteiger partial charge in [0.2, 0.25) is 0 Å². The van der Waals surface area contributed by atoms with Crippen molar-refractivity contribution >= 4 is 27.5 Å². The second-order valence-electron chi connectivity index (χ2n) is 4.07. The standard InChI is InChI=1S/C13H19BrClN/c1-4-11(5-2)16-9(3)12-7-6-10(14)8-13(12)15/h6-9,11,16H,4-5H2,1-3H3. The molecule has 1 atom stereocenters. The van der Waals surface area contributed by atoms with E-state index in [1.165, 1.54) is 0 Å². The van der Waals surface area contributed by atoms with Crippen LogP contribution in [0.25, 0.3) is 0 Å². The predicted molar refractivity (Wildman–Crippen MR) is 75.1 cm³/mol. The van der Waals surface area contributed by atoms with Crippen molar-refractivity contribution in [2.24, 2.45) is 0 Å². The summed E-state index contributed by atoms with van der Waals surface area (Å²) in [6.07, 6.45) is 2.30. The molecule has 0 aromatic heterocycles. The van der Waals surface area contributed by atoms with E-state index in [1.54, 1.807) is 0 Å². The van der Waals surface area contributed by atoms with Crippen LogP contribution in [0.4, 0.5) is 0 Å². The van der Waals surface area contributed by atoms with Gasteiger partial charge in [0.15, 0.2) is 0 Å². The van der Waals surface area contributed by atoms with Crippen LogP contribution in [0.5, 0.6) is 0 Å². The molecule has 3 heteroatoms. The number of hydrogen-bond donors (Lipinski definition) is 1. The van der Waals surface area contributed by atoms with Gasteiger partial charge in [-0.25, -0.2) is 0 Å². The molecule has 1 rings (SSSR count). The SMILES string of the molecule is CCC(CC)NC(C)c1ccc(Br)cc1Cl. The van der Waals surface area contributed by atoms with Crippen LogP contribution in [-0.4, -0.2) is 6.04 Å². The number of halogens is 2. The van der Waals surface area contributed by atoms with E-state index in [1.807, 2.05) is 12.1 Å². The summed E-state index contributed by atoms with van der Waals surface area (Å²) in [4.78, 5) is 0. The van der Waals surface area contributed by atoms with Crippen LogP contribution in [0.2, 0.25) is 5.02 Å². The summed E-state index contributed by atoms with van der Waals surface area (Å²) in [6, 6.07) is 6.92. The average molecular weight is 305 g/mol. The second-order valence-corrected chi connectivity index (χ2v) is 5.39. The van der Waals surface area contributed by atoms with Crippen LogP contribution in [0.3, 0.4) is 0 Å². The minimum atomic E-state index is 0.297. The first-order chi connectivity index (χ1) is 7.58. The van der Waals surface area contributed by atoms with Gasteiger partial charge in [0, 0.05) is 21.6 Å². The molecule has 0 radical (unpaired) electrons. The summed E-state index contributed by atoms with van der Waals surface area (Å²) in [5.74, 6) is 0. The molecule has 90 valence electrons. The molecule has 0 saturated heterocycles. The van der Waals surface area contributed by atoms with Gasteiger partial charge in [-0.05, 0) is 37.5 Å². The first-order valence-corrected chi connectivity index (χ1v) is 6.96. The van der Waals surface area contributed by atoms with Crippen molar-refractivity contribution in [3.05, 3.63) is 33.3 Å². The largest absolute Gasteiger partial charge is 0.307 e. The van der Waals surface area contributed by atoms with Gasteiger partial charge >= 0.3 is 0 Å². The lowest BCUT2D eigenvalue weighted by Gasteiger charge is -2.22. The Labute approximate surface area is 112 Å². The summed E-state index contributed by atoms with van der Waals surface area (Å²) in [6.45, 7) is 6.57. The van der Waals surface area contributed by atoms with Crippen molar-refractivity contribution in [1.82, 2.24) is 5.32 Å². The van der Waals surface area contributed by atoms with Gasteiger partial charge < -0.3 is 5.32 Å². The van der Waals surface area contributed by atoms with Gasteiger partial charge in [-0.15, -0.1) is 0 Å². The molecular weight excluding hydrogens is 286 g/mol. The molecule has 0 fully saturated rings. The van der Waals surface area contributed by atoms with E-state index in [2.05, 4.69) is 48.1 Å². The van der Waals surface area contributed by atoms with Crippen LogP contribution in [0, 0.1) is 0 Å².